The highest BCUT2D eigenvalue weighted by Gasteiger charge is 2.33. The van der Waals surface area contributed by atoms with Crippen molar-refractivity contribution in [1.29, 1.82) is 0 Å². The summed E-state index contributed by atoms with van der Waals surface area (Å²) in [7, 11) is 0. The molecule has 4 nitrogen and oxygen atoms in total. The van der Waals surface area contributed by atoms with Gasteiger partial charge in [0.15, 0.2) is 6.79 Å². The lowest BCUT2D eigenvalue weighted by Gasteiger charge is -2.13. The minimum Gasteiger partial charge on any atom is -0.468 e. The van der Waals surface area contributed by atoms with Crippen LogP contribution in [-0.4, -0.2) is 18.3 Å². The Morgan fingerprint density at radius 3 is 2.52 bits per heavy atom. The van der Waals surface area contributed by atoms with Gasteiger partial charge in [0, 0.05) is 11.5 Å². The molecule has 1 aromatic heterocycles. The van der Waals surface area contributed by atoms with Crippen LogP contribution in [-0.2, 0) is 0 Å². The van der Waals surface area contributed by atoms with Crippen LogP contribution in [0, 0.1) is 0 Å². The lowest BCUT2D eigenvalue weighted by atomic mass is 10.1. The number of hydrogen-bond donors (Lipinski definition) is 1. The molecule has 0 aliphatic heterocycles. The number of aliphatic hydroxyl groups is 1. The van der Waals surface area contributed by atoms with E-state index < -0.39 is 18.9 Å². The minimum atomic E-state index is -4.86. The number of para-hydroxylation sites is 1. The quantitative estimate of drug-likeness (QED) is 0.726. The zero-order chi connectivity index (χ0) is 16.4. The predicted octanol–water partition coefficient (Wildman–Crippen LogP) is 4.33. The molecule has 3 rings (SSSR count). The maximum Gasteiger partial charge on any atom is 0.573 e. The molecule has 0 saturated heterocycles. The molecule has 0 saturated carbocycles. The third kappa shape index (κ3) is 3.40. The minimum absolute atomic E-state index is 0.0478. The Labute approximate surface area is 128 Å². The summed E-state index contributed by atoms with van der Waals surface area (Å²) in [5.74, 6) is -0.185. The Kier molecular flexibility index (Phi) is 3.87. The first-order chi connectivity index (χ1) is 11.0. The van der Waals surface area contributed by atoms with Crippen molar-refractivity contribution in [2.75, 3.05) is 6.79 Å². The molecule has 0 radical (unpaired) electrons. The third-order valence-corrected chi connectivity index (χ3v) is 3.10. The van der Waals surface area contributed by atoms with Crippen LogP contribution >= 0.6 is 0 Å². The van der Waals surface area contributed by atoms with E-state index in [9.17, 15) is 13.2 Å². The monoisotopic (exact) mass is 324 g/mol. The zero-order valence-corrected chi connectivity index (χ0v) is 11.6. The SMILES string of the molecule is OCOc1ccc(-c2cc3ccccc3o2)c(OC(F)(F)F)c1. The maximum absolute atomic E-state index is 12.6. The van der Waals surface area contributed by atoms with Crippen molar-refractivity contribution in [3.8, 4) is 22.8 Å². The summed E-state index contributed by atoms with van der Waals surface area (Å²) in [4.78, 5) is 0. The second kappa shape index (κ2) is 5.85. The number of fused-ring (bicyclic) bond motifs is 1. The van der Waals surface area contributed by atoms with E-state index >= 15 is 0 Å². The number of aliphatic hydroxyl groups excluding tert-OH is 1. The molecule has 0 aliphatic carbocycles. The van der Waals surface area contributed by atoms with Gasteiger partial charge in [0.25, 0.3) is 0 Å². The van der Waals surface area contributed by atoms with Gasteiger partial charge in [-0.2, -0.15) is 0 Å². The molecule has 0 bridgehead atoms. The summed E-state index contributed by atoms with van der Waals surface area (Å²) in [6.07, 6.45) is -4.86. The van der Waals surface area contributed by atoms with Gasteiger partial charge in [0.05, 0.1) is 5.56 Å². The van der Waals surface area contributed by atoms with Crippen LogP contribution in [0.4, 0.5) is 13.2 Å². The van der Waals surface area contributed by atoms with E-state index in [0.717, 1.165) is 11.5 Å². The van der Waals surface area contributed by atoms with Gasteiger partial charge in [0.1, 0.15) is 22.8 Å². The Morgan fingerprint density at radius 2 is 1.83 bits per heavy atom. The van der Waals surface area contributed by atoms with Gasteiger partial charge in [-0.15, -0.1) is 13.2 Å². The van der Waals surface area contributed by atoms with Crippen molar-refractivity contribution in [2.45, 2.75) is 6.36 Å². The normalized spacial score (nSPS) is 11.7. The van der Waals surface area contributed by atoms with E-state index in [-0.39, 0.29) is 17.1 Å². The average Bonchev–Trinajstić information content (AvgIpc) is 2.89. The van der Waals surface area contributed by atoms with Crippen LogP contribution < -0.4 is 9.47 Å². The molecule has 0 atom stereocenters. The molecule has 120 valence electrons. The molecular formula is C16H11F3O4. The highest BCUT2D eigenvalue weighted by atomic mass is 19.4. The lowest BCUT2D eigenvalue weighted by molar-refractivity contribution is -0.274. The maximum atomic E-state index is 12.6. The average molecular weight is 324 g/mol. The van der Waals surface area contributed by atoms with Crippen molar-refractivity contribution in [2.24, 2.45) is 0 Å². The van der Waals surface area contributed by atoms with E-state index in [1.54, 1.807) is 30.3 Å². The van der Waals surface area contributed by atoms with Gasteiger partial charge in [-0.3, -0.25) is 0 Å². The lowest BCUT2D eigenvalue weighted by Crippen LogP contribution is -2.17. The number of halogens is 3. The summed E-state index contributed by atoms with van der Waals surface area (Å²) in [6.45, 7) is -0.657. The molecule has 0 amide bonds. The largest absolute Gasteiger partial charge is 0.573 e. The smallest absolute Gasteiger partial charge is 0.468 e. The van der Waals surface area contributed by atoms with Crippen molar-refractivity contribution in [3.63, 3.8) is 0 Å². The van der Waals surface area contributed by atoms with E-state index in [4.69, 9.17) is 14.3 Å². The molecule has 3 aromatic rings. The molecule has 23 heavy (non-hydrogen) atoms. The van der Waals surface area contributed by atoms with E-state index in [1.165, 1.54) is 12.1 Å². The Balaban J connectivity index is 2.09. The van der Waals surface area contributed by atoms with Crippen LogP contribution in [0.15, 0.2) is 52.9 Å². The van der Waals surface area contributed by atoms with Crippen molar-refractivity contribution in [1.82, 2.24) is 0 Å². The van der Waals surface area contributed by atoms with E-state index in [1.807, 2.05) is 0 Å². The predicted molar refractivity (Wildman–Crippen MR) is 76.0 cm³/mol. The van der Waals surface area contributed by atoms with Crippen LogP contribution in [0.3, 0.4) is 0 Å². The second-order valence-corrected chi connectivity index (χ2v) is 4.63. The molecule has 0 aliphatic rings. The molecule has 0 spiro atoms. The molecule has 7 heteroatoms. The molecule has 0 unspecified atom stereocenters. The first-order valence-electron chi connectivity index (χ1n) is 6.59. The molecule has 1 N–H and O–H groups in total. The highest BCUT2D eigenvalue weighted by Crippen LogP contribution is 2.38. The van der Waals surface area contributed by atoms with Gasteiger partial charge in [-0.05, 0) is 24.3 Å². The Hall–Kier alpha value is -2.67. The fraction of sp³-hybridized carbons (Fsp3) is 0.125. The van der Waals surface area contributed by atoms with Crippen molar-refractivity contribution >= 4 is 11.0 Å². The summed E-state index contributed by atoms with van der Waals surface area (Å²) in [5, 5.41) is 9.48. The topological polar surface area (TPSA) is 51.8 Å². The number of rotatable bonds is 4. The first kappa shape index (κ1) is 15.2. The molecule has 2 aromatic carbocycles. The van der Waals surface area contributed by atoms with Gasteiger partial charge >= 0.3 is 6.36 Å². The Morgan fingerprint density at radius 1 is 1.04 bits per heavy atom. The fourth-order valence-electron chi connectivity index (χ4n) is 2.19. The van der Waals surface area contributed by atoms with Crippen LogP contribution in [0.2, 0.25) is 0 Å². The zero-order valence-electron chi connectivity index (χ0n) is 11.6. The number of hydrogen-bond acceptors (Lipinski definition) is 4. The van der Waals surface area contributed by atoms with E-state index in [2.05, 4.69) is 4.74 Å². The summed E-state index contributed by atoms with van der Waals surface area (Å²) in [6, 6.07) is 12.5. The number of ether oxygens (including phenoxy) is 2. The van der Waals surface area contributed by atoms with Crippen LogP contribution in [0.25, 0.3) is 22.3 Å². The number of alkyl halides is 3. The number of furan rings is 1. The molecule has 0 fully saturated rings. The first-order valence-corrected chi connectivity index (χ1v) is 6.59. The third-order valence-electron chi connectivity index (χ3n) is 3.10. The summed E-state index contributed by atoms with van der Waals surface area (Å²) >= 11 is 0. The summed E-state index contributed by atoms with van der Waals surface area (Å²) in [5.41, 5.74) is 0.681. The van der Waals surface area contributed by atoms with Crippen LogP contribution in [0.1, 0.15) is 0 Å². The second-order valence-electron chi connectivity index (χ2n) is 4.63. The fourth-order valence-corrected chi connectivity index (χ4v) is 2.19. The van der Waals surface area contributed by atoms with Crippen molar-refractivity contribution < 1.29 is 32.2 Å². The molecular weight excluding hydrogens is 313 g/mol. The standard InChI is InChI=1S/C16H11F3O4/c17-16(18,19)23-15-8-11(21-9-20)5-6-12(15)14-7-10-3-1-2-4-13(10)22-14/h1-8,20H,9H2. The van der Waals surface area contributed by atoms with E-state index in [0.29, 0.717) is 5.58 Å². The van der Waals surface area contributed by atoms with Gasteiger partial charge in [-0.1, -0.05) is 18.2 Å². The van der Waals surface area contributed by atoms with Gasteiger partial charge in [-0.25, -0.2) is 0 Å². The number of benzene rings is 2. The summed E-state index contributed by atoms with van der Waals surface area (Å²) < 4.78 is 52.3. The van der Waals surface area contributed by atoms with Gasteiger partial charge in [0.2, 0.25) is 0 Å². The van der Waals surface area contributed by atoms with Crippen molar-refractivity contribution in [3.05, 3.63) is 48.5 Å². The van der Waals surface area contributed by atoms with Gasteiger partial charge < -0.3 is 19.0 Å². The Bertz CT molecular complexity index is 791. The highest BCUT2D eigenvalue weighted by molar-refractivity contribution is 5.84. The molecule has 1 heterocycles. The van der Waals surface area contributed by atoms with Crippen LogP contribution in [0.5, 0.6) is 11.5 Å².